The predicted molar refractivity (Wildman–Crippen MR) is 82.9 cm³/mol. The molecule has 3 N–H and O–H groups in total. The van der Waals surface area contributed by atoms with Gasteiger partial charge in [-0.25, -0.2) is 4.98 Å². The van der Waals surface area contributed by atoms with Crippen molar-refractivity contribution in [2.24, 2.45) is 12.8 Å². The molecule has 0 aliphatic rings. The fourth-order valence-electron chi connectivity index (χ4n) is 1.96. The molecule has 0 bridgehead atoms. The topological polar surface area (TPSA) is 68.8 Å². The maximum absolute atomic E-state index is 5.74. The zero-order valence-corrected chi connectivity index (χ0v) is 12.9. The fraction of sp³-hybridized carbons (Fsp3) is 0.417. The van der Waals surface area contributed by atoms with Gasteiger partial charge in [-0.2, -0.15) is 5.10 Å². The Kier molecular flexibility index (Phi) is 4.16. The molecular formula is C12H17N5S2. The van der Waals surface area contributed by atoms with Crippen LogP contribution in [0.3, 0.4) is 0 Å². The third-order valence-electron chi connectivity index (χ3n) is 2.77. The summed E-state index contributed by atoms with van der Waals surface area (Å²) >= 11 is 6.75. The van der Waals surface area contributed by atoms with E-state index in [0.717, 1.165) is 40.7 Å². The number of thiocarbonyl (C=S) groups is 1. The first kappa shape index (κ1) is 14.0. The highest BCUT2D eigenvalue weighted by molar-refractivity contribution is 7.80. The van der Waals surface area contributed by atoms with E-state index in [4.69, 9.17) is 18.0 Å². The first-order valence-electron chi connectivity index (χ1n) is 5.97. The lowest BCUT2D eigenvalue weighted by Gasteiger charge is -2.08. The zero-order valence-electron chi connectivity index (χ0n) is 11.2. The Morgan fingerprint density at radius 1 is 1.53 bits per heavy atom. The number of nitrogens with zero attached hydrogens (tertiary/aromatic N) is 3. The molecule has 2 rings (SSSR count). The van der Waals surface area contributed by atoms with Crippen LogP contribution >= 0.6 is 23.6 Å². The second kappa shape index (κ2) is 5.66. The maximum atomic E-state index is 5.74. The first-order chi connectivity index (χ1) is 8.99. The van der Waals surface area contributed by atoms with Crippen LogP contribution in [0.5, 0.6) is 0 Å². The quantitative estimate of drug-likeness (QED) is 0.823. The summed E-state index contributed by atoms with van der Waals surface area (Å²) in [5.74, 6) is 0.873. The maximum Gasteiger partial charge on any atom is 0.134 e. The Morgan fingerprint density at radius 2 is 2.26 bits per heavy atom. The van der Waals surface area contributed by atoms with Gasteiger partial charge in [0.15, 0.2) is 0 Å². The Bertz CT molecular complexity index is 599. The largest absolute Gasteiger partial charge is 0.389 e. The van der Waals surface area contributed by atoms with Gasteiger partial charge in [0.1, 0.15) is 10.8 Å². The molecule has 2 heterocycles. The molecule has 0 aliphatic heterocycles. The number of aromatic nitrogens is 3. The number of rotatable bonds is 5. The zero-order chi connectivity index (χ0) is 14.0. The second-order valence-corrected chi connectivity index (χ2v) is 5.74. The minimum Gasteiger partial charge on any atom is -0.389 e. The van der Waals surface area contributed by atoms with E-state index in [1.807, 2.05) is 20.9 Å². The van der Waals surface area contributed by atoms with Crippen LogP contribution in [0.2, 0.25) is 0 Å². The Morgan fingerprint density at radius 3 is 2.84 bits per heavy atom. The summed E-state index contributed by atoms with van der Waals surface area (Å²) in [6.07, 6.45) is 0.875. The van der Waals surface area contributed by atoms with Crippen molar-refractivity contribution in [1.29, 1.82) is 0 Å². The SMILES string of the molecule is Cc1csc(CCNc2c(C(N)=S)c(C)nn2C)n1. The number of thiazole rings is 1. The fourth-order valence-corrected chi connectivity index (χ4v) is 2.98. The van der Waals surface area contributed by atoms with Crippen LogP contribution in [0, 0.1) is 13.8 Å². The van der Waals surface area contributed by atoms with Crippen molar-refractivity contribution >= 4 is 34.4 Å². The molecule has 0 fully saturated rings. The Labute approximate surface area is 121 Å². The van der Waals surface area contributed by atoms with E-state index < -0.39 is 0 Å². The van der Waals surface area contributed by atoms with Gasteiger partial charge in [-0.3, -0.25) is 4.68 Å². The van der Waals surface area contributed by atoms with E-state index in [1.165, 1.54) is 0 Å². The second-order valence-electron chi connectivity index (χ2n) is 4.36. The number of aryl methyl sites for hydroxylation is 3. The molecule has 0 aliphatic carbocycles. The number of hydrogen-bond donors (Lipinski definition) is 2. The highest BCUT2D eigenvalue weighted by Crippen LogP contribution is 2.18. The number of hydrogen-bond acceptors (Lipinski definition) is 5. The summed E-state index contributed by atoms with van der Waals surface area (Å²) in [5, 5.41) is 10.9. The van der Waals surface area contributed by atoms with Crippen molar-refractivity contribution in [2.45, 2.75) is 20.3 Å². The lowest BCUT2D eigenvalue weighted by atomic mass is 10.2. The van der Waals surface area contributed by atoms with Crippen LogP contribution in [0.15, 0.2) is 5.38 Å². The van der Waals surface area contributed by atoms with Gasteiger partial charge in [-0.05, 0) is 13.8 Å². The minimum atomic E-state index is 0.373. The van der Waals surface area contributed by atoms with E-state index >= 15 is 0 Å². The molecular weight excluding hydrogens is 278 g/mol. The van der Waals surface area contributed by atoms with Gasteiger partial charge in [-0.15, -0.1) is 11.3 Å². The van der Waals surface area contributed by atoms with E-state index in [0.29, 0.717) is 4.99 Å². The van der Waals surface area contributed by atoms with Crippen LogP contribution < -0.4 is 11.1 Å². The van der Waals surface area contributed by atoms with Crippen molar-refractivity contribution in [1.82, 2.24) is 14.8 Å². The van der Waals surface area contributed by atoms with Gasteiger partial charge in [0, 0.05) is 31.1 Å². The van der Waals surface area contributed by atoms with Crippen LogP contribution in [-0.4, -0.2) is 26.3 Å². The molecule has 2 aromatic rings. The van der Waals surface area contributed by atoms with Gasteiger partial charge in [0.05, 0.1) is 16.3 Å². The van der Waals surface area contributed by atoms with Crippen molar-refractivity contribution in [3.8, 4) is 0 Å². The summed E-state index contributed by atoms with van der Waals surface area (Å²) in [6.45, 7) is 4.69. The molecule has 0 amide bonds. The minimum absolute atomic E-state index is 0.373. The van der Waals surface area contributed by atoms with Gasteiger partial charge in [0.25, 0.3) is 0 Å². The summed E-state index contributed by atoms with van der Waals surface area (Å²) in [4.78, 5) is 4.81. The average molecular weight is 295 g/mol. The molecule has 2 aromatic heterocycles. The lowest BCUT2D eigenvalue weighted by Crippen LogP contribution is -2.15. The predicted octanol–water partition coefficient (Wildman–Crippen LogP) is 1.78. The van der Waals surface area contributed by atoms with E-state index in [2.05, 4.69) is 20.8 Å². The lowest BCUT2D eigenvalue weighted by molar-refractivity contribution is 0.757. The highest BCUT2D eigenvalue weighted by atomic mass is 32.1. The molecule has 0 atom stereocenters. The number of nitrogens with two attached hydrogens (primary N) is 1. The molecule has 0 saturated carbocycles. The molecule has 102 valence electrons. The molecule has 0 radical (unpaired) electrons. The highest BCUT2D eigenvalue weighted by Gasteiger charge is 2.15. The molecule has 0 saturated heterocycles. The summed E-state index contributed by atoms with van der Waals surface area (Å²) < 4.78 is 1.77. The van der Waals surface area contributed by atoms with Crippen molar-refractivity contribution in [3.05, 3.63) is 27.3 Å². The van der Waals surface area contributed by atoms with Crippen LogP contribution in [-0.2, 0) is 13.5 Å². The summed E-state index contributed by atoms with van der Waals surface area (Å²) in [5.41, 5.74) is 8.49. The third kappa shape index (κ3) is 3.10. The van der Waals surface area contributed by atoms with E-state index in [1.54, 1.807) is 16.0 Å². The normalized spacial score (nSPS) is 10.7. The molecule has 0 aromatic carbocycles. The van der Waals surface area contributed by atoms with Crippen LogP contribution in [0.1, 0.15) is 22.0 Å². The third-order valence-corrected chi connectivity index (χ3v) is 4.00. The molecule has 0 unspecified atom stereocenters. The smallest absolute Gasteiger partial charge is 0.134 e. The number of anilines is 1. The van der Waals surface area contributed by atoms with Gasteiger partial charge < -0.3 is 11.1 Å². The monoisotopic (exact) mass is 295 g/mol. The summed E-state index contributed by atoms with van der Waals surface area (Å²) in [7, 11) is 1.88. The first-order valence-corrected chi connectivity index (χ1v) is 7.26. The Hall–Kier alpha value is -1.47. The average Bonchev–Trinajstić information content (AvgIpc) is 2.84. The van der Waals surface area contributed by atoms with Crippen molar-refractivity contribution in [3.63, 3.8) is 0 Å². The van der Waals surface area contributed by atoms with Gasteiger partial charge >= 0.3 is 0 Å². The van der Waals surface area contributed by atoms with Gasteiger partial charge in [0.2, 0.25) is 0 Å². The standard InChI is InChI=1S/C12H17N5S2/c1-7-6-19-9(15-7)4-5-14-12-10(11(13)18)8(2)16-17(12)3/h6,14H,4-5H2,1-3H3,(H2,13,18). The van der Waals surface area contributed by atoms with Crippen molar-refractivity contribution in [2.75, 3.05) is 11.9 Å². The molecule has 0 spiro atoms. The summed E-state index contributed by atoms with van der Waals surface area (Å²) in [6, 6.07) is 0. The van der Waals surface area contributed by atoms with E-state index in [-0.39, 0.29) is 0 Å². The van der Waals surface area contributed by atoms with Crippen LogP contribution in [0.25, 0.3) is 0 Å². The van der Waals surface area contributed by atoms with Crippen molar-refractivity contribution < 1.29 is 0 Å². The molecule has 5 nitrogen and oxygen atoms in total. The Balaban J connectivity index is 2.05. The van der Waals surface area contributed by atoms with Crippen LogP contribution in [0.4, 0.5) is 5.82 Å². The van der Waals surface area contributed by atoms with Gasteiger partial charge in [-0.1, -0.05) is 12.2 Å². The molecule has 7 heteroatoms. The van der Waals surface area contributed by atoms with E-state index in [9.17, 15) is 0 Å². The molecule has 19 heavy (non-hydrogen) atoms. The number of nitrogens with one attached hydrogen (secondary N) is 1.